The average molecular weight is 478 g/mol. The van der Waals surface area contributed by atoms with Gasteiger partial charge in [-0.1, -0.05) is 13.8 Å². The Morgan fingerprint density at radius 2 is 1.85 bits per heavy atom. The van der Waals surface area contributed by atoms with E-state index in [-0.39, 0.29) is 30.1 Å². The van der Waals surface area contributed by atoms with Crippen molar-refractivity contribution in [2.24, 2.45) is 22.7 Å². The summed E-state index contributed by atoms with van der Waals surface area (Å²) < 4.78 is 12.1. The van der Waals surface area contributed by atoms with E-state index < -0.39 is 0 Å². The van der Waals surface area contributed by atoms with E-state index in [2.05, 4.69) is 34.0 Å². The number of nitrogens with one attached hydrogen (secondary N) is 1. The number of hydrogen-bond donors (Lipinski definition) is 1. The van der Waals surface area contributed by atoms with Gasteiger partial charge in [-0.05, 0) is 18.8 Å². The molecule has 0 radical (unpaired) electrons. The molecule has 0 aromatic carbocycles. The highest BCUT2D eigenvalue weighted by atomic mass is 127. The van der Waals surface area contributed by atoms with Gasteiger partial charge in [-0.2, -0.15) is 0 Å². The van der Waals surface area contributed by atoms with E-state index in [0.29, 0.717) is 30.0 Å². The molecule has 0 saturated carbocycles. The Bertz CT molecular complexity index is 486. The Labute approximate surface area is 175 Å². The fourth-order valence-corrected chi connectivity index (χ4v) is 5.26. The van der Waals surface area contributed by atoms with Crippen LogP contribution < -0.4 is 5.32 Å². The van der Waals surface area contributed by atoms with Crippen LogP contribution in [0, 0.1) is 17.8 Å². The summed E-state index contributed by atoms with van der Waals surface area (Å²) >= 11 is 0. The highest BCUT2D eigenvalue weighted by Gasteiger charge is 2.53. The van der Waals surface area contributed by atoms with E-state index in [0.717, 1.165) is 51.8 Å². The number of halogens is 1. The van der Waals surface area contributed by atoms with E-state index >= 15 is 0 Å². The van der Waals surface area contributed by atoms with Crippen molar-refractivity contribution in [1.82, 2.24) is 15.1 Å². The fraction of sp³-hybridized carbons (Fsp3) is 0.947. The van der Waals surface area contributed by atoms with Crippen molar-refractivity contribution >= 4 is 29.9 Å². The summed E-state index contributed by atoms with van der Waals surface area (Å²) in [6, 6.07) is 0. The van der Waals surface area contributed by atoms with E-state index in [9.17, 15) is 0 Å². The molecule has 4 aliphatic rings. The van der Waals surface area contributed by atoms with E-state index in [1.165, 1.54) is 12.8 Å². The first-order valence-electron chi connectivity index (χ1n) is 10.1. The Morgan fingerprint density at radius 3 is 2.46 bits per heavy atom. The maximum Gasteiger partial charge on any atom is 0.193 e. The Balaban J connectivity index is 0.00000196. The summed E-state index contributed by atoms with van der Waals surface area (Å²) in [5.74, 6) is 3.17. The third-order valence-corrected chi connectivity index (χ3v) is 6.30. The second-order valence-corrected chi connectivity index (χ2v) is 8.60. The lowest BCUT2D eigenvalue weighted by molar-refractivity contribution is -0.0286. The maximum atomic E-state index is 6.09. The molecule has 5 atom stereocenters. The van der Waals surface area contributed by atoms with Crippen LogP contribution in [0.1, 0.15) is 26.7 Å². The molecule has 4 saturated heterocycles. The van der Waals surface area contributed by atoms with Gasteiger partial charge in [-0.25, -0.2) is 0 Å². The van der Waals surface area contributed by atoms with Gasteiger partial charge in [0.25, 0.3) is 0 Å². The monoisotopic (exact) mass is 478 g/mol. The number of nitrogens with zero attached hydrogens (tertiary/aromatic N) is 3. The van der Waals surface area contributed by atoms with Gasteiger partial charge in [0, 0.05) is 58.2 Å². The van der Waals surface area contributed by atoms with Gasteiger partial charge in [0.1, 0.15) is 0 Å². The summed E-state index contributed by atoms with van der Waals surface area (Å²) in [6.45, 7) is 11.7. The summed E-state index contributed by atoms with van der Waals surface area (Å²) in [5.41, 5.74) is 0. The average Bonchev–Trinajstić information content (AvgIpc) is 3.28. The van der Waals surface area contributed by atoms with E-state index in [1.807, 2.05) is 7.05 Å². The quantitative estimate of drug-likeness (QED) is 0.379. The van der Waals surface area contributed by atoms with Gasteiger partial charge >= 0.3 is 0 Å². The molecule has 26 heavy (non-hydrogen) atoms. The summed E-state index contributed by atoms with van der Waals surface area (Å²) in [7, 11) is 1.90. The molecule has 2 bridgehead atoms. The number of ether oxygens (including phenoxy) is 2. The van der Waals surface area contributed by atoms with Crippen LogP contribution in [-0.2, 0) is 9.47 Å². The van der Waals surface area contributed by atoms with Crippen molar-refractivity contribution in [2.75, 3.05) is 52.9 Å². The molecule has 1 N–H and O–H groups in total. The topological polar surface area (TPSA) is 49.3 Å². The van der Waals surface area contributed by atoms with Crippen LogP contribution in [0.25, 0.3) is 0 Å². The molecule has 0 aliphatic carbocycles. The molecule has 6 nitrogen and oxygen atoms in total. The van der Waals surface area contributed by atoms with Crippen LogP contribution in [0.3, 0.4) is 0 Å². The summed E-state index contributed by atoms with van der Waals surface area (Å²) in [6.07, 6.45) is 3.78. The number of guanidine groups is 1. The van der Waals surface area contributed by atoms with Gasteiger partial charge in [0.2, 0.25) is 0 Å². The molecule has 150 valence electrons. The molecule has 5 unspecified atom stereocenters. The predicted molar refractivity (Wildman–Crippen MR) is 114 cm³/mol. The highest BCUT2D eigenvalue weighted by Crippen LogP contribution is 2.47. The van der Waals surface area contributed by atoms with Crippen molar-refractivity contribution in [3.8, 4) is 0 Å². The fourth-order valence-electron chi connectivity index (χ4n) is 5.26. The zero-order valence-electron chi connectivity index (χ0n) is 16.4. The van der Waals surface area contributed by atoms with Crippen molar-refractivity contribution in [3.63, 3.8) is 0 Å². The van der Waals surface area contributed by atoms with Crippen LogP contribution in [0.2, 0.25) is 0 Å². The number of aliphatic imine (C=N–C) groups is 1. The van der Waals surface area contributed by atoms with Crippen molar-refractivity contribution in [2.45, 2.75) is 45.0 Å². The smallest absolute Gasteiger partial charge is 0.193 e. The minimum atomic E-state index is 0. The molecule has 4 rings (SSSR count). The molecule has 7 heteroatoms. The lowest BCUT2D eigenvalue weighted by Crippen LogP contribution is -2.50. The zero-order chi connectivity index (χ0) is 17.4. The van der Waals surface area contributed by atoms with Crippen LogP contribution in [0.4, 0.5) is 0 Å². The minimum absolute atomic E-state index is 0. The van der Waals surface area contributed by atoms with Crippen molar-refractivity contribution in [3.05, 3.63) is 0 Å². The number of fused-ring (bicyclic) bond motifs is 5. The van der Waals surface area contributed by atoms with E-state index in [4.69, 9.17) is 9.47 Å². The third kappa shape index (κ3) is 4.31. The first-order valence-corrected chi connectivity index (χ1v) is 10.1. The standard InChI is InChI=1S/C19H34N4O2.HI/c1-13(2)9-22-6-7-24-14(10-22)8-21-19(20-3)23-11-15-16(12-23)18-5-4-17(15)25-18;/h13-18H,4-12H2,1-3H3,(H,20,21);1H. The van der Waals surface area contributed by atoms with Crippen LogP contribution in [-0.4, -0.2) is 87.0 Å². The minimum Gasteiger partial charge on any atom is -0.374 e. The Kier molecular flexibility index (Phi) is 7.07. The number of likely N-dealkylation sites (tertiary alicyclic amines) is 1. The van der Waals surface area contributed by atoms with Crippen molar-refractivity contribution < 1.29 is 9.47 Å². The molecule has 0 amide bonds. The second kappa shape index (κ2) is 8.92. The molecular weight excluding hydrogens is 443 g/mol. The lowest BCUT2D eigenvalue weighted by atomic mass is 9.82. The highest BCUT2D eigenvalue weighted by molar-refractivity contribution is 14.0. The predicted octanol–water partition coefficient (Wildman–Crippen LogP) is 1.65. The zero-order valence-corrected chi connectivity index (χ0v) is 18.7. The molecule has 0 aromatic heterocycles. The van der Waals surface area contributed by atoms with Gasteiger partial charge < -0.3 is 19.7 Å². The molecule has 4 fully saturated rings. The largest absolute Gasteiger partial charge is 0.374 e. The lowest BCUT2D eigenvalue weighted by Gasteiger charge is -2.34. The molecular formula is C19H35IN4O2. The van der Waals surface area contributed by atoms with Crippen molar-refractivity contribution in [1.29, 1.82) is 0 Å². The Morgan fingerprint density at radius 1 is 1.15 bits per heavy atom. The Hall–Kier alpha value is -0.120. The van der Waals surface area contributed by atoms with Gasteiger partial charge in [0.05, 0.1) is 24.9 Å². The van der Waals surface area contributed by atoms with E-state index in [1.54, 1.807) is 0 Å². The molecule has 0 spiro atoms. The second-order valence-electron chi connectivity index (χ2n) is 8.60. The molecule has 4 aliphatic heterocycles. The van der Waals surface area contributed by atoms with Crippen LogP contribution in [0.5, 0.6) is 0 Å². The van der Waals surface area contributed by atoms with Crippen LogP contribution in [0.15, 0.2) is 4.99 Å². The molecule has 0 aromatic rings. The normalized spacial score (nSPS) is 37.2. The first-order chi connectivity index (χ1) is 12.1. The molecule has 4 heterocycles. The van der Waals surface area contributed by atoms with Gasteiger partial charge in [-0.15, -0.1) is 24.0 Å². The summed E-state index contributed by atoms with van der Waals surface area (Å²) in [4.78, 5) is 9.51. The SMILES string of the molecule is CN=C(NCC1CN(CC(C)C)CCO1)N1CC2C3CCC(O3)C2C1.I. The number of rotatable bonds is 4. The number of morpholine rings is 1. The first kappa shape index (κ1) is 20.6. The van der Waals surface area contributed by atoms with Gasteiger partial charge in [0.15, 0.2) is 5.96 Å². The number of hydrogen-bond acceptors (Lipinski definition) is 4. The maximum absolute atomic E-state index is 6.09. The van der Waals surface area contributed by atoms with Gasteiger partial charge in [-0.3, -0.25) is 9.89 Å². The third-order valence-electron chi connectivity index (χ3n) is 6.30. The summed E-state index contributed by atoms with van der Waals surface area (Å²) in [5, 5.41) is 3.58. The van der Waals surface area contributed by atoms with Crippen LogP contribution >= 0.6 is 24.0 Å².